The second-order valence-corrected chi connectivity index (χ2v) is 10.2. The number of ether oxygens (including phenoxy) is 1. The molecule has 2 saturated heterocycles. The van der Waals surface area contributed by atoms with Crippen LogP contribution in [-0.4, -0.2) is 67.7 Å². The fourth-order valence-electron chi connectivity index (χ4n) is 5.43. The number of hydrogen-bond acceptors (Lipinski definition) is 7. The molecule has 210 valence electrons. The molecule has 2 fully saturated rings. The minimum atomic E-state index is -0.475. The highest BCUT2D eigenvalue weighted by atomic mass is 19.1. The van der Waals surface area contributed by atoms with Crippen LogP contribution in [0.2, 0.25) is 0 Å². The van der Waals surface area contributed by atoms with E-state index in [1.807, 2.05) is 35.4 Å². The molecule has 0 aromatic heterocycles. The first-order valence-corrected chi connectivity index (χ1v) is 13.8. The number of likely N-dealkylation sites (tertiary alicyclic amines) is 1. The minimum Gasteiger partial charge on any atom is -0.384 e. The highest BCUT2D eigenvalue weighted by Gasteiger charge is 2.29. The molecule has 2 unspecified atom stereocenters. The van der Waals surface area contributed by atoms with Gasteiger partial charge < -0.3 is 25.6 Å². The number of halogens is 2. The monoisotopic (exact) mass is 547 g/mol. The van der Waals surface area contributed by atoms with E-state index in [0.717, 1.165) is 81.3 Å². The molecule has 2 aromatic rings. The Morgan fingerprint density at radius 1 is 1.18 bits per heavy atom. The van der Waals surface area contributed by atoms with Gasteiger partial charge in [-0.05, 0) is 68.3 Å². The molecule has 0 aliphatic carbocycles. The van der Waals surface area contributed by atoms with Gasteiger partial charge in [0.1, 0.15) is 29.7 Å². The maximum absolute atomic E-state index is 14.4. The van der Waals surface area contributed by atoms with Crippen LogP contribution in [0.25, 0.3) is 5.70 Å². The smallest absolute Gasteiger partial charge is 0.128 e. The summed E-state index contributed by atoms with van der Waals surface area (Å²) >= 11 is 0. The molecular formula is C30H35F2N7O. The molecule has 8 nitrogen and oxygen atoms in total. The summed E-state index contributed by atoms with van der Waals surface area (Å²) in [5.74, 6) is -0.668. The molecule has 3 aliphatic heterocycles. The van der Waals surface area contributed by atoms with Gasteiger partial charge in [-0.3, -0.25) is 10.3 Å². The van der Waals surface area contributed by atoms with Crippen molar-refractivity contribution in [2.75, 3.05) is 51.3 Å². The van der Waals surface area contributed by atoms with Crippen LogP contribution >= 0.6 is 0 Å². The van der Waals surface area contributed by atoms with E-state index < -0.39 is 11.6 Å². The highest BCUT2D eigenvalue weighted by molar-refractivity contribution is 5.91. The van der Waals surface area contributed by atoms with Crippen molar-refractivity contribution >= 4 is 17.2 Å². The van der Waals surface area contributed by atoms with Gasteiger partial charge in [0.2, 0.25) is 0 Å². The molecule has 0 radical (unpaired) electrons. The van der Waals surface area contributed by atoms with E-state index in [4.69, 9.17) is 10.1 Å². The Balaban J connectivity index is 1.16. The summed E-state index contributed by atoms with van der Waals surface area (Å²) in [5.41, 5.74) is 3.51. The van der Waals surface area contributed by atoms with E-state index in [1.54, 1.807) is 6.08 Å². The summed E-state index contributed by atoms with van der Waals surface area (Å²) in [5, 5.41) is 28.3. The summed E-state index contributed by atoms with van der Waals surface area (Å²) in [7, 11) is 0. The summed E-state index contributed by atoms with van der Waals surface area (Å²) < 4.78 is 33.6. The van der Waals surface area contributed by atoms with Crippen molar-refractivity contribution < 1.29 is 13.5 Å². The predicted octanol–water partition coefficient (Wildman–Crippen LogP) is 4.16. The number of nitrogens with one attached hydrogen (secondary N) is 4. The fraction of sp³-hybridized carbons (Fsp3) is 0.400. The maximum Gasteiger partial charge on any atom is 0.128 e. The van der Waals surface area contributed by atoms with Crippen molar-refractivity contribution in [1.82, 2.24) is 20.4 Å². The zero-order valence-corrected chi connectivity index (χ0v) is 22.4. The van der Waals surface area contributed by atoms with Gasteiger partial charge in [-0.15, -0.1) is 0 Å². The number of hydrogen-bond donors (Lipinski definition) is 4. The van der Waals surface area contributed by atoms with Crippen molar-refractivity contribution in [3.8, 4) is 6.07 Å². The molecule has 0 amide bonds. The van der Waals surface area contributed by atoms with Gasteiger partial charge in [-0.1, -0.05) is 6.07 Å². The van der Waals surface area contributed by atoms with Crippen molar-refractivity contribution in [2.24, 2.45) is 0 Å². The molecule has 2 aromatic carbocycles. The second kappa shape index (κ2) is 12.9. The molecule has 5 rings (SSSR count). The van der Waals surface area contributed by atoms with Gasteiger partial charge in [-0.25, -0.2) is 8.78 Å². The Bertz CT molecular complexity index is 1320. The quantitative estimate of drug-likeness (QED) is 0.213. The van der Waals surface area contributed by atoms with Gasteiger partial charge in [0.05, 0.1) is 36.2 Å². The first kappa shape index (κ1) is 27.6. The lowest BCUT2D eigenvalue weighted by Gasteiger charge is -2.26. The zero-order chi connectivity index (χ0) is 27.9. The van der Waals surface area contributed by atoms with E-state index in [2.05, 4.69) is 26.9 Å². The number of nitriles is 1. The lowest BCUT2D eigenvalue weighted by molar-refractivity contribution is 0.0378. The standard InChI is InChI=1S/C30H35F2N7O/c31-23-6-7-25(32)24(18-23)28-3-1-12-39(28)29(34)8-9-30-36-20-27(37-30)21-4-5-22(19-33)26(17-21)35-10-2-11-38-13-15-40-16-14-38/h4-9,17-18,20,28,30,34-37H,1-3,10-16H2/b9-8-,34-29?. The molecule has 3 heterocycles. The van der Waals surface area contributed by atoms with Crippen LogP contribution in [0.5, 0.6) is 0 Å². The van der Waals surface area contributed by atoms with E-state index in [1.165, 1.54) is 6.07 Å². The maximum atomic E-state index is 14.4. The largest absolute Gasteiger partial charge is 0.384 e. The van der Waals surface area contributed by atoms with Gasteiger partial charge >= 0.3 is 0 Å². The van der Waals surface area contributed by atoms with Crippen LogP contribution in [0, 0.1) is 28.4 Å². The Morgan fingerprint density at radius 3 is 2.85 bits per heavy atom. The van der Waals surface area contributed by atoms with Crippen LogP contribution in [0.3, 0.4) is 0 Å². The molecule has 10 heteroatoms. The number of morpholine rings is 1. The third-order valence-corrected chi connectivity index (χ3v) is 7.57. The second-order valence-electron chi connectivity index (χ2n) is 10.2. The molecular weight excluding hydrogens is 512 g/mol. The van der Waals surface area contributed by atoms with Gasteiger partial charge in [0, 0.05) is 43.5 Å². The fourth-order valence-corrected chi connectivity index (χ4v) is 5.43. The van der Waals surface area contributed by atoms with Crippen molar-refractivity contribution in [1.29, 1.82) is 10.7 Å². The number of amidine groups is 1. The number of rotatable bonds is 9. The number of nitrogens with zero attached hydrogens (tertiary/aromatic N) is 3. The highest BCUT2D eigenvalue weighted by Crippen LogP contribution is 2.34. The van der Waals surface area contributed by atoms with Gasteiger partial charge in [-0.2, -0.15) is 5.26 Å². The van der Waals surface area contributed by atoms with Crippen LogP contribution < -0.4 is 16.0 Å². The normalized spacial score (nSPS) is 21.1. The van der Waals surface area contributed by atoms with Gasteiger partial charge in [0.25, 0.3) is 0 Å². The third-order valence-electron chi connectivity index (χ3n) is 7.57. The average molecular weight is 548 g/mol. The number of benzene rings is 2. The summed E-state index contributed by atoms with van der Waals surface area (Å²) in [6.07, 6.45) is 7.63. The Hall–Kier alpha value is -3.94. The van der Waals surface area contributed by atoms with Crippen LogP contribution in [0.1, 0.15) is 42.0 Å². The molecule has 2 atom stereocenters. The Kier molecular flexibility index (Phi) is 8.94. The topological polar surface area (TPSA) is 99.4 Å². The van der Waals surface area contributed by atoms with Crippen molar-refractivity contribution in [3.63, 3.8) is 0 Å². The van der Waals surface area contributed by atoms with E-state index in [0.29, 0.717) is 24.1 Å². The average Bonchev–Trinajstić information content (AvgIpc) is 3.66. The molecule has 0 saturated carbocycles. The summed E-state index contributed by atoms with van der Waals surface area (Å²) in [4.78, 5) is 4.21. The Morgan fingerprint density at radius 2 is 2.02 bits per heavy atom. The molecule has 0 spiro atoms. The van der Waals surface area contributed by atoms with Crippen molar-refractivity contribution in [2.45, 2.75) is 31.5 Å². The number of anilines is 1. The zero-order valence-electron chi connectivity index (χ0n) is 22.4. The SMILES string of the molecule is N#Cc1ccc(C2=CNC(/C=C\C(=N)N3CCCC3c3cc(F)ccc3F)N2)cc1NCCCN1CCOCC1. The first-order valence-electron chi connectivity index (χ1n) is 13.8. The van der Waals surface area contributed by atoms with E-state index >= 15 is 0 Å². The lowest BCUT2D eigenvalue weighted by atomic mass is 10.0. The van der Waals surface area contributed by atoms with Crippen LogP contribution in [0.15, 0.2) is 54.8 Å². The Labute approximate surface area is 233 Å². The molecule has 4 N–H and O–H groups in total. The minimum absolute atomic E-state index is 0.233. The van der Waals surface area contributed by atoms with Crippen molar-refractivity contribution in [3.05, 3.63) is 83.1 Å². The predicted molar refractivity (Wildman–Crippen MR) is 151 cm³/mol. The van der Waals surface area contributed by atoms with E-state index in [-0.39, 0.29) is 18.0 Å². The summed E-state index contributed by atoms with van der Waals surface area (Å²) in [6.45, 7) is 5.88. The third kappa shape index (κ3) is 6.61. The van der Waals surface area contributed by atoms with E-state index in [9.17, 15) is 14.0 Å². The first-order chi connectivity index (χ1) is 19.5. The van der Waals surface area contributed by atoms with Crippen LogP contribution in [0.4, 0.5) is 14.5 Å². The molecule has 0 bridgehead atoms. The van der Waals surface area contributed by atoms with Crippen LogP contribution in [-0.2, 0) is 4.74 Å². The van der Waals surface area contributed by atoms with Gasteiger partial charge in [0.15, 0.2) is 0 Å². The summed E-state index contributed by atoms with van der Waals surface area (Å²) in [6, 6.07) is 11.1. The molecule has 3 aliphatic rings. The molecule has 40 heavy (non-hydrogen) atoms. The lowest BCUT2D eigenvalue weighted by Crippen LogP contribution is -2.37.